The fourth-order valence-electron chi connectivity index (χ4n) is 3.33. The van der Waals surface area contributed by atoms with Crippen LogP contribution in [0.2, 0.25) is 0 Å². The van der Waals surface area contributed by atoms with Crippen molar-refractivity contribution in [3.05, 3.63) is 99.6 Å². The number of nitrogens with zero attached hydrogens (tertiary/aromatic N) is 1. The normalized spacial score (nSPS) is 12.5. The zero-order valence-electron chi connectivity index (χ0n) is 16.4. The van der Waals surface area contributed by atoms with Crippen LogP contribution < -0.4 is 4.74 Å². The van der Waals surface area contributed by atoms with Crippen molar-refractivity contribution in [2.45, 2.75) is 24.7 Å². The number of hydrogen-bond donors (Lipinski definition) is 0. The maximum absolute atomic E-state index is 14.1. The minimum absolute atomic E-state index is 0.0373. The molecule has 0 amide bonds. The largest absolute Gasteiger partial charge is 0.457 e. The molecule has 0 spiro atoms. The number of nitro groups is 1. The molecule has 3 rings (SSSR count). The molecule has 3 aromatic rings. The molecule has 32 heavy (non-hydrogen) atoms. The number of non-ortho nitro benzene ring substituents is 1. The van der Waals surface area contributed by atoms with Gasteiger partial charge in [-0.1, -0.05) is 42.0 Å². The Morgan fingerprint density at radius 2 is 1.06 bits per heavy atom. The number of aryl methyl sites for hydroxylation is 1. The van der Waals surface area contributed by atoms with Crippen molar-refractivity contribution >= 4 is 5.69 Å². The highest BCUT2D eigenvalue weighted by atomic mass is 19.4. The van der Waals surface area contributed by atoms with Crippen LogP contribution in [-0.4, -0.2) is 17.3 Å². The van der Waals surface area contributed by atoms with Gasteiger partial charge in [0.2, 0.25) is 5.41 Å². The summed E-state index contributed by atoms with van der Waals surface area (Å²) in [7, 11) is 0. The molecule has 0 aliphatic heterocycles. The Morgan fingerprint density at radius 1 is 0.688 bits per heavy atom. The molecule has 0 heterocycles. The molecule has 168 valence electrons. The molecule has 0 bridgehead atoms. The Labute approximate surface area is 178 Å². The van der Waals surface area contributed by atoms with Gasteiger partial charge in [0.25, 0.3) is 5.69 Å². The van der Waals surface area contributed by atoms with Gasteiger partial charge in [0.1, 0.15) is 11.5 Å². The number of benzene rings is 3. The van der Waals surface area contributed by atoms with E-state index in [4.69, 9.17) is 4.74 Å². The van der Waals surface area contributed by atoms with Crippen LogP contribution in [0, 0.1) is 17.0 Å². The minimum Gasteiger partial charge on any atom is -0.457 e. The molecule has 0 saturated carbocycles. The molecule has 10 heteroatoms. The average Bonchev–Trinajstić information content (AvgIpc) is 2.69. The van der Waals surface area contributed by atoms with E-state index in [0.29, 0.717) is 17.7 Å². The van der Waals surface area contributed by atoms with E-state index in [-0.39, 0.29) is 17.2 Å². The first kappa shape index (κ1) is 23.1. The number of halogens is 6. The predicted octanol–water partition coefficient (Wildman–Crippen LogP) is 7.11. The highest BCUT2D eigenvalue weighted by Gasteiger charge is 2.72. The summed E-state index contributed by atoms with van der Waals surface area (Å²) in [5, 5.41) is 10.7. The van der Waals surface area contributed by atoms with E-state index < -0.39 is 33.8 Å². The maximum Gasteiger partial charge on any atom is 0.411 e. The van der Waals surface area contributed by atoms with Gasteiger partial charge in [-0.25, -0.2) is 0 Å². The monoisotopic (exact) mass is 455 g/mol. The van der Waals surface area contributed by atoms with Crippen LogP contribution in [0.15, 0.2) is 72.8 Å². The van der Waals surface area contributed by atoms with Crippen LogP contribution in [0.3, 0.4) is 0 Å². The molecule has 3 aromatic carbocycles. The van der Waals surface area contributed by atoms with Crippen molar-refractivity contribution in [2.75, 3.05) is 0 Å². The molecule has 0 N–H and O–H groups in total. The van der Waals surface area contributed by atoms with Crippen molar-refractivity contribution in [3.8, 4) is 11.5 Å². The molecular weight excluding hydrogens is 440 g/mol. The Hall–Kier alpha value is -3.56. The molecule has 0 radical (unpaired) electrons. The topological polar surface area (TPSA) is 52.4 Å². The molecule has 0 aliphatic rings. The van der Waals surface area contributed by atoms with Gasteiger partial charge in [-0.05, 0) is 42.3 Å². The van der Waals surface area contributed by atoms with Gasteiger partial charge in [-0.15, -0.1) is 0 Å². The first-order valence-corrected chi connectivity index (χ1v) is 9.09. The number of nitro benzene ring substituents is 1. The van der Waals surface area contributed by atoms with E-state index >= 15 is 0 Å². The van der Waals surface area contributed by atoms with Crippen molar-refractivity contribution in [3.63, 3.8) is 0 Å². The summed E-state index contributed by atoms with van der Waals surface area (Å²) in [5.74, 6) is 0.0875. The van der Waals surface area contributed by atoms with Crippen LogP contribution in [0.4, 0.5) is 32.0 Å². The first-order chi connectivity index (χ1) is 14.9. The summed E-state index contributed by atoms with van der Waals surface area (Å²) in [4.78, 5) is 10.1. The third-order valence-corrected chi connectivity index (χ3v) is 4.91. The Balaban J connectivity index is 2.04. The molecule has 0 aliphatic carbocycles. The summed E-state index contributed by atoms with van der Waals surface area (Å²) in [6, 6.07) is 12.2. The molecule has 0 fully saturated rings. The molecule has 4 nitrogen and oxygen atoms in total. The zero-order chi connectivity index (χ0) is 23.7. The Bertz CT molecular complexity index is 1080. The number of alkyl halides is 6. The second-order valence-electron chi connectivity index (χ2n) is 6.99. The van der Waals surface area contributed by atoms with E-state index in [1.807, 2.05) is 0 Å². The smallest absolute Gasteiger partial charge is 0.411 e. The predicted molar refractivity (Wildman–Crippen MR) is 104 cm³/mol. The molecule has 0 saturated heterocycles. The number of hydrogen-bond acceptors (Lipinski definition) is 3. The third kappa shape index (κ3) is 4.12. The van der Waals surface area contributed by atoms with Gasteiger partial charge in [0.05, 0.1) is 4.92 Å². The molecular formula is C22H15F6NO3. The first-order valence-electron chi connectivity index (χ1n) is 9.09. The summed E-state index contributed by atoms with van der Waals surface area (Å²) >= 11 is 0. The van der Waals surface area contributed by atoms with Gasteiger partial charge >= 0.3 is 12.4 Å². The minimum atomic E-state index is -5.68. The zero-order valence-corrected chi connectivity index (χ0v) is 16.4. The molecule has 0 unspecified atom stereocenters. The lowest BCUT2D eigenvalue weighted by atomic mass is 9.72. The highest BCUT2D eigenvalue weighted by Crippen LogP contribution is 2.56. The van der Waals surface area contributed by atoms with Crippen LogP contribution in [0.1, 0.15) is 16.7 Å². The van der Waals surface area contributed by atoms with Crippen molar-refractivity contribution in [2.24, 2.45) is 0 Å². The number of rotatable bonds is 5. The Kier molecular flexibility index (Phi) is 5.90. The SMILES string of the molecule is Cc1ccc(C(c2ccc(Oc3ccc([N+](=O)[O-])cc3)cc2)(C(F)(F)F)C(F)(F)F)cc1. The van der Waals surface area contributed by atoms with Gasteiger partial charge in [0, 0.05) is 12.1 Å². The lowest BCUT2D eigenvalue weighted by Crippen LogP contribution is -2.54. The summed E-state index contributed by atoms with van der Waals surface area (Å²) in [5.41, 5.74) is -5.89. The summed E-state index contributed by atoms with van der Waals surface area (Å²) in [6.07, 6.45) is -11.4. The maximum atomic E-state index is 14.1. The van der Waals surface area contributed by atoms with Crippen LogP contribution >= 0.6 is 0 Å². The van der Waals surface area contributed by atoms with E-state index in [2.05, 4.69) is 0 Å². The number of ether oxygens (including phenoxy) is 1. The fourth-order valence-corrected chi connectivity index (χ4v) is 3.33. The summed E-state index contributed by atoms with van der Waals surface area (Å²) < 4.78 is 89.9. The molecule has 0 aromatic heterocycles. The van der Waals surface area contributed by atoms with E-state index in [1.54, 1.807) is 6.92 Å². The van der Waals surface area contributed by atoms with Crippen LogP contribution in [0.5, 0.6) is 11.5 Å². The third-order valence-electron chi connectivity index (χ3n) is 4.91. The quantitative estimate of drug-likeness (QED) is 0.234. The summed E-state index contributed by atoms with van der Waals surface area (Å²) in [6.45, 7) is 1.55. The second-order valence-corrected chi connectivity index (χ2v) is 6.99. The Morgan fingerprint density at radius 3 is 1.44 bits per heavy atom. The highest BCUT2D eigenvalue weighted by molar-refractivity contribution is 5.47. The fraction of sp³-hybridized carbons (Fsp3) is 0.182. The average molecular weight is 455 g/mol. The molecule has 0 atom stereocenters. The lowest BCUT2D eigenvalue weighted by Gasteiger charge is -2.38. The van der Waals surface area contributed by atoms with Gasteiger partial charge in [0.15, 0.2) is 0 Å². The van der Waals surface area contributed by atoms with Crippen LogP contribution in [-0.2, 0) is 5.41 Å². The standard InChI is InChI=1S/C22H15F6NO3/c1-14-2-4-15(5-3-14)20(21(23,24)25,22(26,27)28)16-6-10-18(11-7-16)32-19-12-8-17(9-13-19)29(30)31/h2-13H,1H3. The van der Waals surface area contributed by atoms with Crippen LogP contribution in [0.25, 0.3) is 0 Å². The second kappa shape index (κ2) is 8.18. The van der Waals surface area contributed by atoms with Gasteiger partial charge in [-0.3, -0.25) is 10.1 Å². The van der Waals surface area contributed by atoms with Gasteiger partial charge in [-0.2, -0.15) is 26.3 Å². The van der Waals surface area contributed by atoms with Crippen molar-refractivity contribution in [1.29, 1.82) is 0 Å². The van der Waals surface area contributed by atoms with Crippen molar-refractivity contribution in [1.82, 2.24) is 0 Å². The van der Waals surface area contributed by atoms with E-state index in [1.165, 1.54) is 24.3 Å². The lowest BCUT2D eigenvalue weighted by molar-refractivity contribution is -0.384. The van der Waals surface area contributed by atoms with Gasteiger partial charge < -0.3 is 4.74 Å². The van der Waals surface area contributed by atoms with E-state index in [9.17, 15) is 36.5 Å². The van der Waals surface area contributed by atoms with Crippen molar-refractivity contribution < 1.29 is 36.0 Å². The van der Waals surface area contributed by atoms with E-state index in [0.717, 1.165) is 36.4 Å².